The number of aliphatic carboxylic acids is 1. The Kier molecular flexibility index (Phi) is 3.81. The van der Waals surface area contributed by atoms with Gasteiger partial charge in [0.15, 0.2) is 5.60 Å². The van der Waals surface area contributed by atoms with Gasteiger partial charge in [0.05, 0.1) is 5.92 Å². The van der Waals surface area contributed by atoms with Crippen molar-refractivity contribution in [1.29, 1.82) is 0 Å². The molecule has 0 radical (unpaired) electrons. The molecule has 2 fully saturated rings. The van der Waals surface area contributed by atoms with Gasteiger partial charge in [0.2, 0.25) is 0 Å². The van der Waals surface area contributed by atoms with E-state index >= 15 is 0 Å². The minimum absolute atomic E-state index is 0.0610. The van der Waals surface area contributed by atoms with Crippen molar-refractivity contribution >= 4 is 11.9 Å². The minimum Gasteiger partial charge on any atom is -0.481 e. The summed E-state index contributed by atoms with van der Waals surface area (Å²) in [6.07, 6.45) is 2.03. The average molecular weight is 303 g/mol. The van der Waals surface area contributed by atoms with Gasteiger partial charge in [-0.3, -0.25) is 9.59 Å². The van der Waals surface area contributed by atoms with E-state index in [4.69, 9.17) is 4.74 Å². The molecular weight excluding hydrogens is 282 g/mol. The second-order valence-electron chi connectivity index (χ2n) is 6.50. The molecule has 2 aliphatic rings. The molecule has 0 aromatic heterocycles. The molecule has 0 bridgehead atoms. The standard InChI is InChI=1S/C17H21NO4/c1-12-9-13(15(19)20)11-18(10-12)16(21)17(7-8-17)22-14-5-3-2-4-6-14/h2-6,12-13H,7-11H2,1H3,(H,19,20). The zero-order valence-corrected chi connectivity index (χ0v) is 12.7. The number of carboxylic acids is 1. The lowest BCUT2D eigenvalue weighted by Gasteiger charge is -2.36. The Morgan fingerprint density at radius 3 is 2.50 bits per heavy atom. The summed E-state index contributed by atoms with van der Waals surface area (Å²) in [4.78, 5) is 25.7. The number of nitrogens with zero attached hydrogens (tertiary/aromatic N) is 1. The zero-order chi connectivity index (χ0) is 15.7. The molecule has 1 aliphatic carbocycles. The van der Waals surface area contributed by atoms with Crippen molar-refractivity contribution in [1.82, 2.24) is 4.90 Å². The van der Waals surface area contributed by atoms with Crippen LogP contribution in [0.25, 0.3) is 0 Å². The summed E-state index contributed by atoms with van der Waals surface area (Å²) in [5.74, 6) is -0.466. The SMILES string of the molecule is CC1CC(C(=O)O)CN(C(=O)C2(Oc3ccccc3)CC2)C1. The highest BCUT2D eigenvalue weighted by atomic mass is 16.5. The first kappa shape index (κ1) is 14.9. The van der Waals surface area contributed by atoms with Gasteiger partial charge in [0.1, 0.15) is 5.75 Å². The Balaban J connectivity index is 1.71. The summed E-state index contributed by atoms with van der Waals surface area (Å²) in [6.45, 7) is 2.90. The van der Waals surface area contributed by atoms with Gasteiger partial charge in [-0.15, -0.1) is 0 Å². The molecule has 0 spiro atoms. The van der Waals surface area contributed by atoms with Crippen molar-refractivity contribution in [2.45, 2.75) is 31.8 Å². The van der Waals surface area contributed by atoms with E-state index in [1.54, 1.807) is 4.90 Å². The number of benzene rings is 1. The number of para-hydroxylation sites is 1. The predicted octanol–water partition coefficient (Wildman–Crippen LogP) is 2.17. The maximum absolute atomic E-state index is 12.8. The fraction of sp³-hybridized carbons (Fsp3) is 0.529. The highest BCUT2D eigenvalue weighted by Gasteiger charge is 2.55. The maximum atomic E-state index is 12.8. The number of carboxylic acid groups (broad SMARTS) is 1. The molecule has 5 heteroatoms. The molecule has 1 heterocycles. The monoisotopic (exact) mass is 303 g/mol. The molecular formula is C17H21NO4. The van der Waals surface area contributed by atoms with E-state index in [0.29, 0.717) is 38.1 Å². The van der Waals surface area contributed by atoms with E-state index in [1.165, 1.54) is 0 Å². The van der Waals surface area contributed by atoms with Gasteiger partial charge in [-0.05, 0) is 24.5 Å². The number of amides is 1. The molecule has 1 aromatic rings. The average Bonchev–Trinajstić information content (AvgIpc) is 3.27. The molecule has 1 saturated carbocycles. The highest BCUT2D eigenvalue weighted by molar-refractivity contribution is 5.89. The van der Waals surface area contributed by atoms with E-state index in [-0.39, 0.29) is 11.8 Å². The van der Waals surface area contributed by atoms with Crippen molar-refractivity contribution in [3.8, 4) is 5.75 Å². The van der Waals surface area contributed by atoms with E-state index in [0.717, 1.165) is 0 Å². The van der Waals surface area contributed by atoms with Crippen LogP contribution in [0.5, 0.6) is 5.75 Å². The fourth-order valence-electron chi connectivity index (χ4n) is 3.17. The zero-order valence-electron chi connectivity index (χ0n) is 12.7. The molecule has 1 aliphatic heterocycles. The van der Waals surface area contributed by atoms with Gasteiger partial charge in [-0.25, -0.2) is 0 Å². The van der Waals surface area contributed by atoms with Crippen LogP contribution in [0.1, 0.15) is 26.2 Å². The Morgan fingerprint density at radius 1 is 1.23 bits per heavy atom. The molecule has 2 unspecified atom stereocenters. The first-order valence-electron chi connectivity index (χ1n) is 7.76. The van der Waals surface area contributed by atoms with Gasteiger partial charge < -0.3 is 14.7 Å². The van der Waals surface area contributed by atoms with Crippen LogP contribution in [0.4, 0.5) is 0 Å². The smallest absolute Gasteiger partial charge is 0.308 e. The number of hydrogen-bond acceptors (Lipinski definition) is 3. The normalized spacial score (nSPS) is 26.3. The highest BCUT2D eigenvalue weighted by Crippen LogP contribution is 2.42. The Morgan fingerprint density at radius 2 is 1.91 bits per heavy atom. The lowest BCUT2D eigenvalue weighted by atomic mass is 9.90. The van der Waals surface area contributed by atoms with Crippen molar-refractivity contribution in [2.75, 3.05) is 13.1 Å². The third-order valence-electron chi connectivity index (χ3n) is 4.45. The summed E-state index contributed by atoms with van der Waals surface area (Å²) in [5, 5.41) is 9.24. The predicted molar refractivity (Wildman–Crippen MR) is 80.5 cm³/mol. The summed E-state index contributed by atoms with van der Waals surface area (Å²) < 4.78 is 5.92. The van der Waals surface area contributed by atoms with Crippen LogP contribution in [0.3, 0.4) is 0 Å². The first-order valence-corrected chi connectivity index (χ1v) is 7.76. The molecule has 1 amide bonds. The lowest BCUT2D eigenvalue weighted by Crippen LogP contribution is -2.51. The molecule has 1 saturated heterocycles. The number of ether oxygens (including phenoxy) is 1. The Labute approximate surface area is 129 Å². The Hall–Kier alpha value is -2.04. The minimum atomic E-state index is -0.821. The molecule has 22 heavy (non-hydrogen) atoms. The Bertz CT molecular complexity index is 567. The second kappa shape index (κ2) is 5.63. The first-order chi connectivity index (χ1) is 10.5. The van der Waals surface area contributed by atoms with E-state index < -0.39 is 17.5 Å². The largest absolute Gasteiger partial charge is 0.481 e. The maximum Gasteiger partial charge on any atom is 0.308 e. The van der Waals surface area contributed by atoms with Gasteiger partial charge in [0.25, 0.3) is 5.91 Å². The van der Waals surface area contributed by atoms with Crippen molar-refractivity contribution in [3.05, 3.63) is 30.3 Å². The van der Waals surface area contributed by atoms with Crippen molar-refractivity contribution in [3.63, 3.8) is 0 Å². The lowest BCUT2D eigenvalue weighted by molar-refractivity contribution is -0.150. The summed E-state index contributed by atoms with van der Waals surface area (Å²) >= 11 is 0. The van der Waals surface area contributed by atoms with Crippen LogP contribution in [-0.4, -0.2) is 40.6 Å². The quantitative estimate of drug-likeness (QED) is 0.925. The second-order valence-corrected chi connectivity index (χ2v) is 6.50. The van der Waals surface area contributed by atoms with Crippen LogP contribution < -0.4 is 4.74 Å². The van der Waals surface area contributed by atoms with Crippen LogP contribution >= 0.6 is 0 Å². The van der Waals surface area contributed by atoms with Crippen molar-refractivity contribution < 1.29 is 19.4 Å². The summed E-state index contributed by atoms with van der Waals surface area (Å²) in [5.41, 5.74) is -0.776. The van der Waals surface area contributed by atoms with Crippen LogP contribution in [-0.2, 0) is 9.59 Å². The summed E-state index contributed by atoms with van der Waals surface area (Å²) in [7, 11) is 0. The number of piperidine rings is 1. The number of carbonyl (C=O) groups is 2. The van der Waals surface area contributed by atoms with Crippen LogP contribution in [0.2, 0.25) is 0 Å². The number of hydrogen-bond donors (Lipinski definition) is 1. The van der Waals surface area contributed by atoms with Gasteiger partial charge in [-0.1, -0.05) is 25.1 Å². The van der Waals surface area contributed by atoms with Gasteiger partial charge in [-0.2, -0.15) is 0 Å². The van der Waals surface area contributed by atoms with Crippen LogP contribution in [0, 0.1) is 11.8 Å². The fourth-order valence-corrected chi connectivity index (χ4v) is 3.17. The molecule has 3 rings (SSSR count). The molecule has 2 atom stereocenters. The van der Waals surface area contributed by atoms with Gasteiger partial charge in [0, 0.05) is 25.9 Å². The number of rotatable bonds is 4. The molecule has 118 valence electrons. The molecule has 5 nitrogen and oxygen atoms in total. The number of carbonyl (C=O) groups excluding carboxylic acids is 1. The van der Waals surface area contributed by atoms with Crippen molar-refractivity contribution in [2.24, 2.45) is 11.8 Å². The third-order valence-corrected chi connectivity index (χ3v) is 4.45. The van der Waals surface area contributed by atoms with Crippen LogP contribution in [0.15, 0.2) is 30.3 Å². The molecule has 1 N–H and O–H groups in total. The molecule has 1 aromatic carbocycles. The number of likely N-dealkylation sites (tertiary alicyclic amines) is 1. The van der Waals surface area contributed by atoms with E-state index in [2.05, 4.69) is 0 Å². The van der Waals surface area contributed by atoms with Gasteiger partial charge >= 0.3 is 5.97 Å². The third kappa shape index (κ3) is 2.93. The topological polar surface area (TPSA) is 66.8 Å². The summed E-state index contributed by atoms with van der Waals surface area (Å²) in [6, 6.07) is 9.33. The van der Waals surface area contributed by atoms with E-state index in [1.807, 2.05) is 37.3 Å². The van der Waals surface area contributed by atoms with E-state index in [9.17, 15) is 14.7 Å².